The highest BCUT2D eigenvalue weighted by atomic mass is 35.5. The van der Waals surface area contributed by atoms with Gasteiger partial charge in [0, 0.05) is 39.8 Å². The molecule has 1 aliphatic rings. The summed E-state index contributed by atoms with van der Waals surface area (Å²) in [6.45, 7) is 5.08. The minimum Gasteiger partial charge on any atom is -0.351 e. The van der Waals surface area contributed by atoms with Gasteiger partial charge in [-0.15, -0.1) is 0 Å². The molecule has 2 amide bonds. The minimum absolute atomic E-state index is 0.00946. The summed E-state index contributed by atoms with van der Waals surface area (Å²) in [7, 11) is 1.72. The van der Waals surface area contributed by atoms with Crippen LogP contribution in [0.3, 0.4) is 0 Å². The predicted molar refractivity (Wildman–Crippen MR) is 104 cm³/mol. The third-order valence-corrected chi connectivity index (χ3v) is 5.16. The number of carbonyl (C=O) groups excluding carboxylic acids is 2. The highest BCUT2D eigenvalue weighted by Gasteiger charge is 2.27. The molecule has 0 spiro atoms. The average molecular weight is 390 g/mol. The third kappa shape index (κ3) is 4.67. The Morgan fingerprint density at radius 1 is 1.15 bits per heavy atom. The maximum atomic E-state index is 12.7. The Morgan fingerprint density at radius 2 is 1.81 bits per heavy atom. The lowest BCUT2D eigenvalue weighted by Gasteiger charge is -2.34. The van der Waals surface area contributed by atoms with E-state index in [1.807, 2.05) is 30.3 Å². The van der Waals surface area contributed by atoms with Crippen LogP contribution in [0.1, 0.15) is 21.6 Å². The van der Waals surface area contributed by atoms with Gasteiger partial charge in [-0.1, -0.05) is 41.9 Å². The van der Waals surface area contributed by atoms with Crippen molar-refractivity contribution in [3.8, 4) is 0 Å². The van der Waals surface area contributed by atoms with E-state index in [1.165, 1.54) is 4.68 Å². The Morgan fingerprint density at radius 3 is 2.41 bits per heavy atom. The molecular weight excluding hydrogens is 366 g/mol. The van der Waals surface area contributed by atoms with Gasteiger partial charge in [-0.25, -0.2) is 0 Å². The maximum absolute atomic E-state index is 12.7. The number of benzene rings is 1. The van der Waals surface area contributed by atoms with Crippen LogP contribution in [0.5, 0.6) is 0 Å². The molecule has 0 aliphatic carbocycles. The molecule has 0 saturated carbocycles. The highest BCUT2D eigenvalue weighted by molar-refractivity contribution is 6.33. The van der Waals surface area contributed by atoms with E-state index in [2.05, 4.69) is 15.3 Å². The Hall–Kier alpha value is -2.38. The molecule has 27 heavy (non-hydrogen) atoms. The first-order chi connectivity index (χ1) is 13.0. The molecule has 0 bridgehead atoms. The van der Waals surface area contributed by atoms with Gasteiger partial charge in [0.1, 0.15) is 5.15 Å². The molecule has 0 radical (unpaired) electrons. The second-order valence-corrected chi connectivity index (χ2v) is 7.06. The first-order valence-corrected chi connectivity index (χ1v) is 9.35. The van der Waals surface area contributed by atoms with Crippen LogP contribution in [0, 0.1) is 6.92 Å². The lowest BCUT2D eigenvalue weighted by molar-refractivity contribution is -0.122. The van der Waals surface area contributed by atoms with E-state index < -0.39 is 0 Å². The van der Waals surface area contributed by atoms with E-state index in [0.29, 0.717) is 55.7 Å². The summed E-state index contributed by atoms with van der Waals surface area (Å²) in [6, 6.07) is 9.82. The van der Waals surface area contributed by atoms with Crippen molar-refractivity contribution in [2.24, 2.45) is 7.05 Å². The van der Waals surface area contributed by atoms with E-state index in [0.717, 1.165) is 5.56 Å². The number of hydrogen-bond acceptors (Lipinski definition) is 4. The van der Waals surface area contributed by atoms with Crippen LogP contribution in [-0.4, -0.2) is 64.1 Å². The zero-order chi connectivity index (χ0) is 19.4. The lowest BCUT2D eigenvalue weighted by Crippen LogP contribution is -2.51. The fourth-order valence-corrected chi connectivity index (χ4v) is 3.45. The van der Waals surface area contributed by atoms with Gasteiger partial charge in [0.05, 0.1) is 17.8 Å². The molecule has 1 aliphatic heterocycles. The molecule has 144 valence electrons. The van der Waals surface area contributed by atoms with Gasteiger partial charge in [0.15, 0.2) is 0 Å². The fourth-order valence-electron chi connectivity index (χ4n) is 3.20. The Labute approximate surface area is 163 Å². The summed E-state index contributed by atoms with van der Waals surface area (Å²) in [4.78, 5) is 28.7. The molecule has 2 heterocycles. The van der Waals surface area contributed by atoms with Crippen molar-refractivity contribution in [1.29, 1.82) is 0 Å². The maximum Gasteiger partial charge on any atom is 0.258 e. The molecular formula is C19H24ClN5O2. The van der Waals surface area contributed by atoms with Gasteiger partial charge in [-0.2, -0.15) is 5.10 Å². The van der Waals surface area contributed by atoms with Crippen molar-refractivity contribution in [3.63, 3.8) is 0 Å². The molecule has 1 aromatic carbocycles. The SMILES string of the molecule is Cc1nn(C)c(Cl)c1C(=O)N1CCN(CC(=O)NCc2ccccc2)CC1. The number of halogens is 1. The number of nitrogens with zero attached hydrogens (tertiary/aromatic N) is 4. The van der Waals surface area contributed by atoms with Crippen LogP contribution < -0.4 is 5.32 Å². The largest absolute Gasteiger partial charge is 0.351 e. The van der Waals surface area contributed by atoms with Crippen molar-refractivity contribution in [2.45, 2.75) is 13.5 Å². The van der Waals surface area contributed by atoms with E-state index in [4.69, 9.17) is 11.6 Å². The van der Waals surface area contributed by atoms with E-state index in [1.54, 1.807) is 18.9 Å². The monoisotopic (exact) mass is 389 g/mol. The standard InChI is InChI=1S/C19H24ClN5O2/c1-14-17(18(20)23(2)22-14)19(27)25-10-8-24(9-11-25)13-16(26)21-12-15-6-4-3-5-7-15/h3-7H,8-13H2,1-2H3,(H,21,26). The average Bonchev–Trinajstić information content (AvgIpc) is 2.93. The van der Waals surface area contributed by atoms with Gasteiger partial charge in [-0.05, 0) is 12.5 Å². The predicted octanol–water partition coefficient (Wildman–Crippen LogP) is 1.46. The van der Waals surface area contributed by atoms with Crippen LogP contribution in [0.2, 0.25) is 5.15 Å². The van der Waals surface area contributed by atoms with Crippen LogP contribution in [0.4, 0.5) is 0 Å². The zero-order valence-electron chi connectivity index (χ0n) is 15.6. The minimum atomic E-state index is -0.0984. The molecule has 8 heteroatoms. The number of carbonyl (C=O) groups is 2. The first kappa shape index (κ1) is 19.4. The molecule has 1 aromatic heterocycles. The summed E-state index contributed by atoms with van der Waals surface area (Å²) < 4.78 is 1.51. The number of amides is 2. The van der Waals surface area contributed by atoms with Crippen molar-refractivity contribution in [1.82, 2.24) is 24.9 Å². The van der Waals surface area contributed by atoms with Crippen LogP contribution in [-0.2, 0) is 18.4 Å². The smallest absolute Gasteiger partial charge is 0.258 e. The molecule has 0 unspecified atom stereocenters. The molecule has 1 saturated heterocycles. The first-order valence-electron chi connectivity index (χ1n) is 8.97. The van der Waals surface area contributed by atoms with Crippen LogP contribution >= 0.6 is 11.6 Å². The molecule has 0 atom stereocenters. The molecule has 2 aromatic rings. The van der Waals surface area contributed by atoms with Gasteiger partial charge in [-0.3, -0.25) is 19.2 Å². The van der Waals surface area contributed by atoms with Crippen molar-refractivity contribution >= 4 is 23.4 Å². The topological polar surface area (TPSA) is 70.5 Å². The third-order valence-electron chi connectivity index (χ3n) is 4.73. The number of aromatic nitrogens is 2. The van der Waals surface area contributed by atoms with Crippen molar-refractivity contribution in [2.75, 3.05) is 32.7 Å². The second kappa shape index (κ2) is 8.54. The van der Waals surface area contributed by atoms with E-state index >= 15 is 0 Å². The van der Waals surface area contributed by atoms with Gasteiger partial charge in [0.25, 0.3) is 5.91 Å². The van der Waals surface area contributed by atoms with Gasteiger partial charge in [0.2, 0.25) is 5.91 Å². The molecule has 1 fully saturated rings. The highest BCUT2D eigenvalue weighted by Crippen LogP contribution is 2.21. The summed E-state index contributed by atoms with van der Waals surface area (Å²) in [5, 5.41) is 7.50. The van der Waals surface area contributed by atoms with E-state index in [-0.39, 0.29) is 11.8 Å². The summed E-state index contributed by atoms with van der Waals surface area (Å²) in [6.07, 6.45) is 0. The van der Waals surface area contributed by atoms with Crippen molar-refractivity contribution in [3.05, 3.63) is 52.3 Å². The van der Waals surface area contributed by atoms with Crippen molar-refractivity contribution < 1.29 is 9.59 Å². The molecule has 1 N–H and O–H groups in total. The summed E-state index contributed by atoms with van der Waals surface area (Å²) >= 11 is 6.20. The Kier molecular flexibility index (Phi) is 6.13. The van der Waals surface area contributed by atoms with E-state index in [9.17, 15) is 9.59 Å². The zero-order valence-corrected chi connectivity index (χ0v) is 16.4. The fraction of sp³-hybridized carbons (Fsp3) is 0.421. The van der Waals surface area contributed by atoms with Gasteiger partial charge >= 0.3 is 0 Å². The number of piperazine rings is 1. The molecule has 7 nitrogen and oxygen atoms in total. The number of aryl methyl sites for hydroxylation is 2. The number of hydrogen-bond donors (Lipinski definition) is 1. The Balaban J connectivity index is 1.47. The number of rotatable bonds is 5. The molecule has 3 rings (SSSR count). The van der Waals surface area contributed by atoms with Gasteiger partial charge < -0.3 is 10.2 Å². The second-order valence-electron chi connectivity index (χ2n) is 6.71. The quantitative estimate of drug-likeness (QED) is 0.840. The normalized spacial score (nSPS) is 15.0. The van der Waals surface area contributed by atoms with Crippen LogP contribution in [0.25, 0.3) is 0 Å². The summed E-state index contributed by atoms with van der Waals surface area (Å²) in [5.41, 5.74) is 2.17. The number of nitrogens with one attached hydrogen (secondary N) is 1. The summed E-state index contributed by atoms with van der Waals surface area (Å²) in [5.74, 6) is -0.108. The lowest BCUT2D eigenvalue weighted by atomic mass is 10.2. The van der Waals surface area contributed by atoms with Crippen LogP contribution in [0.15, 0.2) is 30.3 Å². The Bertz CT molecular complexity index is 813.